The quantitative estimate of drug-likeness (QED) is 0.781. The minimum atomic E-state index is -0.203. The molecule has 0 aliphatic heterocycles. The van der Waals surface area contributed by atoms with Crippen molar-refractivity contribution < 1.29 is 9.90 Å². The number of amides is 2. The third-order valence-corrected chi connectivity index (χ3v) is 3.57. The Labute approximate surface area is 113 Å². The molecule has 2 rings (SSSR count). The highest BCUT2D eigenvalue weighted by molar-refractivity contribution is 5.89. The summed E-state index contributed by atoms with van der Waals surface area (Å²) in [7, 11) is 0. The number of aryl methyl sites for hydroxylation is 1. The number of rotatable bonds is 3. The van der Waals surface area contributed by atoms with E-state index in [4.69, 9.17) is 0 Å². The summed E-state index contributed by atoms with van der Waals surface area (Å²) >= 11 is 0. The molecule has 2 atom stereocenters. The third kappa shape index (κ3) is 4.21. The normalized spacial score (nSPS) is 22.8. The van der Waals surface area contributed by atoms with Crippen molar-refractivity contribution >= 4 is 11.7 Å². The zero-order valence-corrected chi connectivity index (χ0v) is 11.2. The Morgan fingerprint density at radius 1 is 1.53 bits per heavy atom. The molecule has 2 unspecified atom stereocenters. The molecule has 5 heteroatoms. The number of hydrogen-bond acceptors (Lipinski definition) is 3. The topological polar surface area (TPSA) is 74.2 Å². The first-order valence-electron chi connectivity index (χ1n) is 6.78. The van der Waals surface area contributed by atoms with Gasteiger partial charge >= 0.3 is 6.03 Å². The monoisotopic (exact) mass is 263 g/mol. The maximum Gasteiger partial charge on any atom is 0.319 e. The van der Waals surface area contributed by atoms with Gasteiger partial charge in [0.2, 0.25) is 0 Å². The average molecular weight is 263 g/mol. The number of carbonyl (C=O) groups is 1. The third-order valence-electron chi connectivity index (χ3n) is 3.57. The fourth-order valence-electron chi connectivity index (χ4n) is 2.47. The first kappa shape index (κ1) is 13.8. The van der Waals surface area contributed by atoms with Gasteiger partial charge in [0.05, 0.1) is 6.10 Å². The minimum absolute atomic E-state index is 0.200. The van der Waals surface area contributed by atoms with Gasteiger partial charge in [-0.1, -0.05) is 6.42 Å². The molecule has 19 heavy (non-hydrogen) atoms. The highest BCUT2D eigenvalue weighted by atomic mass is 16.3. The zero-order chi connectivity index (χ0) is 13.7. The summed E-state index contributed by atoms with van der Waals surface area (Å²) in [4.78, 5) is 15.8. The number of hydrogen-bond donors (Lipinski definition) is 3. The van der Waals surface area contributed by atoms with Crippen LogP contribution in [0.5, 0.6) is 0 Å². The van der Waals surface area contributed by atoms with Gasteiger partial charge in [-0.15, -0.1) is 0 Å². The van der Waals surface area contributed by atoms with Crippen molar-refractivity contribution in [1.82, 2.24) is 10.3 Å². The minimum Gasteiger partial charge on any atom is -0.393 e. The highest BCUT2D eigenvalue weighted by Gasteiger charge is 2.20. The van der Waals surface area contributed by atoms with Crippen molar-refractivity contribution in [2.45, 2.75) is 38.7 Å². The number of urea groups is 1. The summed E-state index contributed by atoms with van der Waals surface area (Å²) in [6.45, 7) is 2.52. The van der Waals surface area contributed by atoms with E-state index in [-0.39, 0.29) is 12.1 Å². The van der Waals surface area contributed by atoms with Crippen molar-refractivity contribution in [2.24, 2.45) is 5.92 Å². The molecule has 1 aliphatic carbocycles. The molecule has 0 spiro atoms. The molecule has 3 N–H and O–H groups in total. The molecule has 1 saturated carbocycles. The molecule has 5 nitrogen and oxygen atoms in total. The van der Waals surface area contributed by atoms with E-state index >= 15 is 0 Å². The summed E-state index contributed by atoms with van der Waals surface area (Å²) in [5.41, 5.74) is 1.71. The molecule has 2 amide bonds. The number of anilines is 1. The second-order valence-corrected chi connectivity index (χ2v) is 5.21. The van der Waals surface area contributed by atoms with Crippen LogP contribution in [-0.4, -0.2) is 28.8 Å². The van der Waals surface area contributed by atoms with Crippen LogP contribution in [-0.2, 0) is 0 Å². The predicted molar refractivity (Wildman–Crippen MR) is 74.0 cm³/mol. The highest BCUT2D eigenvalue weighted by Crippen LogP contribution is 2.23. The summed E-state index contributed by atoms with van der Waals surface area (Å²) in [5, 5.41) is 15.3. The fraction of sp³-hybridized carbons (Fsp3) is 0.571. The summed E-state index contributed by atoms with van der Waals surface area (Å²) in [5.74, 6) is 0.382. The van der Waals surface area contributed by atoms with Crippen LogP contribution in [0.3, 0.4) is 0 Å². The van der Waals surface area contributed by atoms with Crippen LogP contribution in [0.4, 0.5) is 10.5 Å². The van der Waals surface area contributed by atoms with Gasteiger partial charge in [0.25, 0.3) is 0 Å². The Bertz CT molecular complexity index is 436. The molecule has 1 fully saturated rings. The van der Waals surface area contributed by atoms with Crippen LogP contribution >= 0.6 is 0 Å². The number of nitrogens with zero attached hydrogens (tertiary/aromatic N) is 1. The summed E-state index contributed by atoms with van der Waals surface area (Å²) in [6.07, 6.45) is 6.95. The van der Waals surface area contributed by atoms with Crippen LogP contribution in [0.15, 0.2) is 18.5 Å². The van der Waals surface area contributed by atoms with Gasteiger partial charge in [0.15, 0.2) is 0 Å². The molecular weight excluding hydrogens is 242 g/mol. The number of aliphatic hydroxyl groups is 1. The number of nitrogens with one attached hydrogen (secondary N) is 2. The molecular formula is C14H21N3O2. The van der Waals surface area contributed by atoms with Crippen molar-refractivity contribution in [3.8, 4) is 0 Å². The smallest absolute Gasteiger partial charge is 0.319 e. The molecule has 1 aromatic rings. The largest absolute Gasteiger partial charge is 0.393 e. The van der Waals surface area contributed by atoms with Gasteiger partial charge in [0.1, 0.15) is 0 Å². The van der Waals surface area contributed by atoms with Crippen LogP contribution in [0.25, 0.3) is 0 Å². The van der Waals surface area contributed by atoms with E-state index in [2.05, 4.69) is 15.6 Å². The van der Waals surface area contributed by atoms with E-state index in [1.807, 2.05) is 6.92 Å². The Kier molecular flexibility index (Phi) is 4.74. The van der Waals surface area contributed by atoms with Crippen molar-refractivity contribution in [3.05, 3.63) is 24.0 Å². The molecule has 104 valence electrons. The van der Waals surface area contributed by atoms with E-state index in [0.717, 1.165) is 36.9 Å². The lowest BCUT2D eigenvalue weighted by atomic mass is 9.87. The maximum absolute atomic E-state index is 11.8. The van der Waals surface area contributed by atoms with E-state index in [0.29, 0.717) is 12.5 Å². The molecule has 0 radical (unpaired) electrons. The van der Waals surface area contributed by atoms with Crippen LogP contribution in [0.2, 0.25) is 0 Å². The Balaban J connectivity index is 1.77. The second kappa shape index (κ2) is 6.52. The SMILES string of the molecule is Cc1cnccc1NC(=O)NCC1CCCC(O)C1. The molecule has 1 aliphatic rings. The maximum atomic E-state index is 11.8. The average Bonchev–Trinajstić information content (AvgIpc) is 2.39. The lowest BCUT2D eigenvalue weighted by molar-refractivity contribution is 0.101. The van der Waals surface area contributed by atoms with E-state index in [9.17, 15) is 9.90 Å². The number of pyridine rings is 1. The van der Waals surface area contributed by atoms with Crippen molar-refractivity contribution in [1.29, 1.82) is 0 Å². The predicted octanol–water partition coefficient (Wildman–Crippen LogP) is 2.06. The van der Waals surface area contributed by atoms with Crippen LogP contribution in [0.1, 0.15) is 31.2 Å². The van der Waals surface area contributed by atoms with Gasteiger partial charge in [0, 0.05) is 24.6 Å². The second-order valence-electron chi connectivity index (χ2n) is 5.21. The summed E-state index contributed by atoms with van der Waals surface area (Å²) in [6, 6.07) is 1.58. The first-order chi connectivity index (χ1) is 9.15. The lowest BCUT2D eigenvalue weighted by Crippen LogP contribution is -2.35. The standard InChI is InChI=1S/C14H21N3O2/c1-10-8-15-6-5-13(10)17-14(19)16-9-11-3-2-4-12(18)7-11/h5-6,8,11-12,18H,2-4,7,9H2,1H3,(H2,15,16,17,19). The molecule has 0 saturated heterocycles. The van der Waals surface area contributed by atoms with E-state index in [1.165, 1.54) is 0 Å². The molecule has 0 aromatic carbocycles. The zero-order valence-electron chi connectivity index (χ0n) is 11.2. The molecule has 0 bridgehead atoms. The Hall–Kier alpha value is -1.62. The van der Waals surface area contributed by atoms with Gasteiger partial charge in [-0.2, -0.15) is 0 Å². The first-order valence-corrected chi connectivity index (χ1v) is 6.78. The van der Waals surface area contributed by atoms with Gasteiger partial charge in [-0.3, -0.25) is 4.98 Å². The van der Waals surface area contributed by atoms with Crippen LogP contribution < -0.4 is 10.6 Å². The lowest BCUT2D eigenvalue weighted by Gasteiger charge is -2.25. The van der Waals surface area contributed by atoms with Crippen molar-refractivity contribution in [3.63, 3.8) is 0 Å². The number of aromatic nitrogens is 1. The van der Waals surface area contributed by atoms with Crippen LogP contribution in [0, 0.1) is 12.8 Å². The Morgan fingerprint density at radius 2 is 2.37 bits per heavy atom. The summed E-state index contributed by atoms with van der Waals surface area (Å²) < 4.78 is 0. The fourth-order valence-corrected chi connectivity index (χ4v) is 2.47. The van der Waals surface area contributed by atoms with Gasteiger partial charge in [-0.25, -0.2) is 4.79 Å². The van der Waals surface area contributed by atoms with Crippen molar-refractivity contribution in [2.75, 3.05) is 11.9 Å². The van der Waals surface area contributed by atoms with Gasteiger partial charge in [-0.05, 0) is 43.7 Å². The van der Waals surface area contributed by atoms with Gasteiger partial charge < -0.3 is 15.7 Å². The Morgan fingerprint density at radius 3 is 3.11 bits per heavy atom. The molecule has 1 aromatic heterocycles. The van der Waals surface area contributed by atoms with E-state index in [1.54, 1.807) is 18.5 Å². The number of carbonyl (C=O) groups excluding carboxylic acids is 1. The van der Waals surface area contributed by atoms with E-state index < -0.39 is 0 Å². The number of aliphatic hydroxyl groups excluding tert-OH is 1. The molecule has 1 heterocycles.